The van der Waals surface area contributed by atoms with Crippen molar-refractivity contribution in [3.05, 3.63) is 19.2 Å². The van der Waals surface area contributed by atoms with Gasteiger partial charge in [0, 0.05) is 18.7 Å². The molecular weight excluding hydrogens is 366 g/mol. The fourth-order valence-electron chi connectivity index (χ4n) is 2.20. The minimum Gasteiger partial charge on any atom is -0.295 e. The van der Waals surface area contributed by atoms with E-state index in [4.69, 9.17) is 0 Å². The van der Waals surface area contributed by atoms with Gasteiger partial charge in [0.1, 0.15) is 0 Å². The van der Waals surface area contributed by atoms with Gasteiger partial charge in [-0.05, 0) is 49.8 Å². The normalized spacial score (nSPS) is 25.4. The molecule has 0 saturated carbocycles. The smallest absolute Gasteiger partial charge is 0.178 e. The first kappa shape index (κ1) is 13.7. The number of thiophene rings is 1. The average Bonchev–Trinajstić information content (AvgIpc) is 2.71. The molecule has 0 radical (unpaired) electrons. The summed E-state index contributed by atoms with van der Waals surface area (Å²) in [5.74, 6) is 1.60. The monoisotopic (exact) mass is 379 g/mol. The molecule has 2 atom stereocenters. The van der Waals surface area contributed by atoms with E-state index in [1.807, 2.05) is 6.07 Å². The van der Waals surface area contributed by atoms with Crippen molar-refractivity contribution in [2.24, 2.45) is 11.8 Å². The van der Waals surface area contributed by atoms with Crippen molar-refractivity contribution >= 4 is 49.0 Å². The Balaban J connectivity index is 2.01. The molecule has 1 aromatic rings. The van der Waals surface area contributed by atoms with E-state index in [1.165, 1.54) is 0 Å². The third-order valence-corrected chi connectivity index (χ3v) is 5.73. The van der Waals surface area contributed by atoms with Crippen LogP contribution in [0.4, 0.5) is 0 Å². The van der Waals surface area contributed by atoms with Gasteiger partial charge in [0.2, 0.25) is 0 Å². The Morgan fingerprint density at radius 3 is 2.47 bits per heavy atom. The second kappa shape index (κ2) is 5.51. The first-order valence-electron chi connectivity index (χ1n) is 5.67. The zero-order valence-corrected chi connectivity index (χ0v) is 13.9. The molecule has 1 aromatic heterocycles. The van der Waals surface area contributed by atoms with Crippen LogP contribution in [-0.2, 0) is 0 Å². The molecule has 1 aliphatic rings. The molecule has 17 heavy (non-hydrogen) atoms. The van der Waals surface area contributed by atoms with Crippen molar-refractivity contribution in [2.75, 3.05) is 19.6 Å². The van der Waals surface area contributed by atoms with Crippen LogP contribution in [0.25, 0.3) is 0 Å². The number of hydrogen-bond donors (Lipinski definition) is 0. The molecule has 1 fully saturated rings. The molecule has 94 valence electrons. The highest BCUT2D eigenvalue weighted by Crippen LogP contribution is 2.32. The summed E-state index contributed by atoms with van der Waals surface area (Å²) >= 11 is 8.40. The molecule has 0 spiro atoms. The lowest BCUT2D eigenvalue weighted by atomic mass is 10.0. The third-order valence-electron chi connectivity index (χ3n) is 3.39. The maximum Gasteiger partial charge on any atom is 0.178 e. The van der Waals surface area contributed by atoms with Gasteiger partial charge in [-0.3, -0.25) is 9.69 Å². The molecule has 0 N–H and O–H groups in total. The van der Waals surface area contributed by atoms with Gasteiger partial charge in [0.05, 0.1) is 14.1 Å². The third kappa shape index (κ3) is 3.19. The largest absolute Gasteiger partial charge is 0.295 e. The highest BCUT2D eigenvalue weighted by molar-refractivity contribution is 9.12. The predicted molar refractivity (Wildman–Crippen MR) is 78.8 cm³/mol. The highest BCUT2D eigenvalue weighted by atomic mass is 79.9. The fourth-order valence-corrected chi connectivity index (χ4v) is 5.05. The average molecular weight is 381 g/mol. The molecule has 1 aliphatic heterocycles. The summed E-state index contributed by atoms with van der Waals surface area (Å²) in [5.41, 5.74) is 0.800. The number of carbonyl (C=O) groups is 1. The summed E-state index contributed by atoms with van der Waals surface area (Å²) in [6, 6.07) is 1.90. The summed E-state index contributed by atoms with van der Waals surface area (Å²) in [4.78, 5) is 14.4. The van der Waals surface area contributed by atoms with Gasteiger partial charge in [0.15, 0.2) is 5.78 Å². The number of ketones is 1. The van der Waals surface area contributed by atoms with Gasteiger partial charge in [-0.25, -0.2) is 0 Å². The topological polar surface area (TPSA) is 20.3 Å². The van der Waals surface area contributed by atoms with Crippen LogP contribution in [0.15, 0.2) is 13.6 Å². The van der Waals surface area contributed by atoms with Crippen molar-refractivity contribution in [3.63, 3.8) is 0 Å². The van der Waals surface area contributed by atoms with Gasteiger partial charge < -0.3 is 0 Å². The zero-order valence-electron chi connectivity index (χ0n) is 9.87. The zero-order chi connectivity index (χ0) is 12.6. The minimum absolute atomic E-state index is 0.208. The number of rotatable bonds is 3. The molecule has 0 aromatic carbocycles. The van der Waals surface area contributed by atoms with E-state index in [9.17, 15) is 4.79 Å². The van der Waals surface area contributed by atoms with E-state index in [0.29, 0.717) is 18.4 Å². The second-order valence-corrected chi connectivity index (χ2v) is 8.56. The van der Waals surface area contributed by atoms with Crippen LogP contribution in [0.2, 0.25) is 0 Å². The summed E-state index contributed by atoms with van der Waals surface area (Å²) in [5, 5.41) is 0. The SMILES string of the molecule is CC1CN(CC(=O)c2cc(Br)sc2Br)CC1C. The molecule has 0 bridgehead atoms. The Morgan fingerprint density at radius 1 is 1.41 bits per heavy atom. The molecule has 5 heteroatoms. The van der Waals surface area contributed by atoms with Crippen molar-refractivity contribution in [1.29, 1.82) is 0 Å². The number of carbonyl (C=O) groups excluding carboxylic acids is 1. The van der Waals surface area contributed by atoms with Gasteiger partial charge in [-0.15, -0.1) is 11.3 Å². The Labute approximate surface area is 123 Å². The van der Waals surface area contributed by atoms with Crippen molar-refractivity contribution in [1.82, 2.24) is 4.90 Å². The van der Waals surface area contributed by atoms with E-state index >= 15 is 0 Å². The summed E-state index contributed by atoms with van der Waals surface area (Å²) in [7, 11) is 0. The lowest BCUT2D eigenvalue weighted by Crippen LogP contribution is -2.27. The maximum absolute atomic E-state index is 12.2. The van der Waals surface area contributed by atoms with E-state index in [2.05, 4.69) is 50.6 Å². The number of nitrogens with zero attached hydrogens (tertiary/aromatic N) is 1. The van der Waals surface area contributed by atoms with Crippen molar-refractivity contribution in [2.45, 2.75) is 13.8 Å². The fraction of sp³-hybridized carbons (Fsp3) is 0.583. The Kier molecular flexibility index (Phi) is 4.45. The van der Waals surface area contributed by atoms with E-state index < -0.39 is 0 Å². The summed E-state index contributed by atoms with van der Waals surface area (Å²) < 4.78 is 1.92. The predicted octanol–water partition coefficient (Wildman–Crippen LogP) is 4.04. The maximum atomic E-state index is 12.2. The highest BCUT2D eigenvalue weighted by Gasteiger charge is 2.28. The van der Waals surface area contributed by atoms with Crippen molar-refractivity contribution < 1.29 is 4.79 Å². The minimum atomic E-state index is 0.208. The van der Waals surface area contributed by atoms with Gasteiger partial charge in [-0.2, -0.15) is 0 Å². The molecule has 1 saturated heterocycles. The number of hydrogen-bond acceptors (Lipinski definition) is 3. The first-order valence-corrected chi connectivity index (χ1v) is 8.08. The molecule has 2 rings (SSSR count). The lowest BCUT2D eigenvalue weighted by molar-refractivity contribution is 0.0942. The molecule has 2 nitrogen and oxygen atoms in total. The first-order chi connectivity index (χ1) is 7.97. The Bertz CT molecular complexity index is 422. The van der Waals surface area contributed by atoms with Crippen molar-refractivity contribution in [3.8, 4) is 0 Å². The van der Waals surface area contributed by atoms with Gasteiger partial charge in [-0.1, -0.05) is 13.8 Å². The number of likely N-dealkylation sites (tertiary alicyclic amines) is 1. The van der Waals surface area contributed by atoms with E-state index in [1.54, 1.807) is 11.3 Å². The summed E-state index contributed by atoms with van der Waals surface area (Å²) in [6.07, 6.45) is 0. The van der Waals surface area contributed by atoms with Gasteiger partial charge >= 0.3 is 0 Å². The van der Waals surface area contributed by atoms with E-state index in [0.717, 1.165) is 26.2 Å². The van der Waals surface area contributed by atoms with E-state index in [-0.39, 0.29) is 5.78 Å². The molecule has 2 heterocycles. The van der Waals surface area contributed by atoms with Crippen LogP contribution in [0.1, 0.15) is 24.2 Å². The number of Topliss-reactive ketones (excluding diaryl/α,β-unsaturated/α-hetero) is 1. The van der Waals surface area contributed by atoms with Gasteiger partial charge in [0.25, 0.3) is 0 Å². The standard InChI is InChI=1S/C12H15Br2NOS/c1-7-4-15(5-8(7)2)6-10(16)9-3-11(13)17-12(9)14/h3,7-8H,4-6H2,1-2H3. The molecule has 2 unspecified atom stereocenters. The second-order valence-electron chi connectivity index (χ2n) is 4.81. The van der Waals surface area contributed by atoms with Crippen LogP contribution in [0, 0.1) is 11.8 Å². The van der Waals surface area contributed by atoms with Crippen LogP contribution in [0.3, 0.4) is 0 Å². The molecular formula is C12H15Br2NOS. The Morgan fingerprint density at radius 2 is 2.00 bits per heavy atom. The molecule has 0 amide bonds. The number of halogens is 2. The molecule has 0 aliphatic carbocycles. The van der Waals surface area contributed by atoms with Crippen LogP contribution < -0.4 is 0 Å². The van der Waals surface area contributed by atoms with Crippen LogP contribution >= 0.6 is 43.2 Å². The Hall–Kier alpha value is 0.290. The van der Waals surface area contributed by atoms with Crippen LogP contribution in [0.5, 0.6) is 0 Å². The summed E-state index contributed by atoms with van der Waals surface area (Å²) in [6.45, 7) is 7.13. The lowest BCUT2D eigenvalue weighted by Gasteiger charge is -2.13. The van der Waals surface area contributed by atoms with Crippen LogP contribution in [-0.4, -0.2) is 30.3 Å². The quantitative estimate of drug-likeness (QED) is 0.737.